The van der Waals surface area contributed by atoms with Crippen molar-refractivity contribution in [3.63, 3.8) is 0 Å². The second-order valence-corrected chi connectivity index (χ2v) is 6.31. The monoisotopic (exact) mass is 380 g/mol. The number of amides is 1. The van der Waals surface area contributed by atoms with Crippen LogP contribution in [-0.2, 0) is 0 Å². The number of halogens is 2. The van der Waals surface area contributed by atoms with Crippen molar-refractivity contribution in [2.24, 2.45) is 0 Å². The van der Waals surface area contributed by atoms with Gasteiger partial charge in [-0.1, -0.05) is 23.2 Å². The summed E-state index contributed by atoms with van der Waals surface area (Å²) in [5.41, 5.74) is 0.818. The Morgan fingerprint density at radius 2 is 1.88 bits per heavy atom. The van der Waals surface area contributed by atoms with E-state index in [4.69, 9.17) is 23.2 Å². The Morgan fingerprint density at radius 1 is 1.16 bits per heavy atom. The molecule has 0 bridgehead atoms. The van der Waals surface area contributed by atoms with Gasteiger partial charge in [0.1, 0.15) is 10.8 Å². The van der Waals surface area contributed by atoms with Gasteiger partial charge in [0, 0.05) is 43.5 Å². The Morgan fingerprint density at radius 3 is 2.52 bits per heavy atom. The van der Waals surface area contributed by atoms with Crippen LogP contribution in [0.3, 0.4) is 0 Å². The van der Waals surface area contributed by atoms with E-state index >= 15 is 0 Å². The Kier molecular flexibility index (Phi) is 5.06. The summed E-state index contributed by atoms with van der Waals surface area (Å²) in [6.45, 7) is 1.83. The number of carbonyl (C=O) groups is 1. The molecule has 0 radical (unpaired) electrons. The van der Waals surface area contributed by atoms with Gasteiger partial charge in [-0.25, -0.2) is 4.98 Å². The summed E-state index contributed by atoms with van der Waals surface area (Å²) in [4.78, 5) is 30.8. The number of rotatable bonds is 3. The largest absolute Gasteiger partial charge is 0.362 e. The molecule has 0 atom stereocenters. The summed E-state index contributed by atoms with van der Waals surface area (Å²) < 4.78 is 0. The molecule has 7 nitrogen and oxygen atoms in total. The predicted octanol–water partition coefficient (Wildman–Crippen LogP) is 3.26. The van der Waals surface area contributed by atoms with Gasteiger partial charge in [-0.2, -0.15) is 0 Å². The number of pyridine rings is 1. The average molecular weight is 381 g/mol. The summed E-state index contributed by atoms with van der Waals surface area (Å²) in [6.07, 6.45) is 1.52. The maximum atomic E-state index is 12.5. The van der Waals surface area contributed by atoms with E-state index in [-0.39, 0.29) is 16.7 Å². The molecule has 0 unspecified atom stereocenters. The van der Waals surface area contributed by atoms with Crippen molar-refractivity contribution >= 4 is 40.5 Å². The van der Waals surface area contributed by atoms with Crippen LogP contribution >= 0.6 is 23.2 Å². The molecule has 1 aliphatic heterocycles. The summed E-state index contributed by atoms with van der Waals surface area (Å²) in [5, 5.41) is 11.7. The molecular formula is C16H14Cl2N4O3. The van der Waals surface area contributed by atoms with Crippen LogP contribution in [0.2, 0.25) is 10.2 Å². The second kappa shape index (κ2) is 7.25. The van der Waals surface area contributed by atoms with Gasteiger partial charge >= 0.3 is 0 Å². The van der Waals surface area contributed by atoms with Gasteiger partial charge in [0.25, 0.3) is 11.6 Å². The number of hydrogen-bond donors (Lipinski definition) is 0. The molecular weight excluding hydrogens is 367 g/mol. The van der Waals surface area contributed by atoms with Crippen molar-refractivity contribution in [2.45, 2.75) is 0 Å². The predicted molar refractivity (Wildman–Crippen MR) is 95.5 cm³/mol. The van der Waals surface area contributed by atoms with E-state index in [1.54, 1.807) is 29.2 Å². The quantitative estimate of drug-likeness (QED) is 0.463. The Hall–Kier alpha value is -2.38. The topological polar surface area (TPSA) is 79.6 Å². The third kappa shape index (κ3) is 3.67. The number of nitrogens with zero attached hydrogens (tertiary/aromatic N) is 4. The van der Waals surface area contributed by atoms with Gasteiger partial charge in [-0.15, -0.1) is 0 Å². The molecule has 1 fully saturated rings. The normalized spacial score (nSPS) is 14.5. The molecule has 1 aliphatic rings. The van der Waals surface area contributed by atoms with E-state index in [9.17, 15) is 14.9 Å². The lowest BCUT2D eigenvalue weighted by atomic mass is 10.2. The van der Waals surface area contributed by atoms with Gasteiger partial charge in [-0.3, -0.25) is 14.9 Å². The van der Waals surface area contributed by atoms with Crippen LogP contribution in [0.4, 0.5) is 11.4 Å². The fraction of sp³-hybridized carbons (Fsp3) is 0.250. The molecule has 1 aromatic heterocycles. The Bertz CT molecular complexity index is 823. The molecule has 1 saturated heterocycles. The third-order valence-corrected chi connectivity index (χ3v) is 4.57. The molecule has 2 aromatic rings. The van der Waals surface area contributed by atoms with Crippen LogP contribution in [0, 0.1) is 10.1 Å². The molecule has 0 N–H and O–H groups in total. The zero-order chi connectivity index (χ0) is 18.0. The molecule has 25 heavy (non-hydrogen) atoms. The van der Waals surface area contributed by atoms with Crippen LogP contribution in [-0.4, -0.2) is 46.9 Å². The van der Waals surface area contributed by atoms with Crippen molar-refractivity contribution in [1.29, 1.82) is 0 Å². The van der Waals surface area contributed by atoms with Crippen molar-refractivity contribution in [3.05, 3.63) is 62.4 Å². The number of hydrogen-bond acceptors (Lipinski definition) is 5. The van der Waals surface area contributed by atoms with E-state index < -0.39 is 4.92 Å². The van der Waals surface area contributed by atoms with E-state index in [1.807, 2.05) is 4.90 Å². The summed E-state index contributed by atoms with van der Waals surface area (Å²) >= 11 is 11.8. The van der Waals surface area contributed by atoms with Crippen molar-refractivity contribution in [3.8, 4) is 0 Å². The van der Waals surface area contributed by atoms with Crippen molar-refractivity contribution in [2.75, 3.05) is 31.1 Å². The smallest absolute Gasteiger partial charge is 0.294 e. The highest BCUT2D eigenvalue weighted by molar-refractivity contribution is 6.32. The Balaban J connectivity index is 1.74. The number of benzene rings is 1. The first-order valence-electron chi connectivity index (χ1n) is 7.56. The lowest BCUT2D eigenvalue weighted by Crippen LogP contribution is -2.49. The number of nitro benzene ring substituents is 1. The van der Waals surface area contributed by atoms with Gasteiger partial charge in [-0.05, 0) is 24.3 Å². The lowest BCUT2D eigenvalue weighted by Gasteiger charge is -2.35. The average Bonchev–Trinajstić information content (AvgIpc) is 2.61. The van der Waals surface area contributed by atoms with E-state index in [0.29, 0.717) is 42.5 Å². The number of piperazine rings is 1. The lowest BCUT2D eigenvalue weighted by molar-refractivity contribution is -0.384. The second-order valence-electron chi connectivity index (χ2n) is 5.51. The maximum Gasteiger partial charge on any atom is 0.294 e. The Labute approximate surface area is 153 Å². The molecule has 130 valence electrons. The molecule has 2 heterocycles. The maximum absolute atomic E-state index is 12.5. The summed E-state index contributed by atoms with van der Waals surface area (Å²) in [7, 11) is 0. The molecule has 1 aromatic carbocycles. The standard InChI is InChI=1S/C16H14Cl2N4O3/c17-11-3-4-13(14(10-11)22(24)25)20-6-8-21(9-7-20)16(23)12-2-1-5-19-15(12)18/h1-5,10H,6-9H2. The van der Waals surface area contributed by atoms with Crippen molar-refractivity contribution in [1.82, 2.24) is 9.88 Å². The first-order chi connectivity index (χ1) is 12.0. The van der Waals surface area contributed by atoms with Crippen LogP contribution in [0.15, 0.2) is 36.5 Å². The zero-order valence-electron chi connectivity index (χ0n) is 13.1. The molecule has 0 spiro atoms. The minimum absolute atomic E-state index is 0.0393. The van der Waals surface area contributed by atoms with Gasteiger partial charge < -0.3 is 9.80 Å². The minimum atomic E-state index is -0.450. The highest BCUT2D eigenvalue weighted by atomic mass is 35.5. The van der Waals surface area contributed by atoms with E-state index in [2.05, 4.69) is 4.98 Å². The molecule has 1 amide bonds. The number of anilines is 1. The minimum Gasteiger partial charge on any atom is -0.362 e. The van der Waals surface area contributed by atoms with Crippen LogP contribution in [0.5, 0.6) is 0 Å². The van der Waals surface area contributed by atoms with Crippen LogP contribution < -0.4 is 4.90 Å². The van der Waals surface area contributed by atoms with Crippen molar-refractivity contribution < 1.29 is 9.72 Å². The SMILES string of the molecule is O=C(c1cccnc1Cl)N1CCN(c2ccc(Cl)cc2[N+](=O)[O-])CC1. The van der Waals surface area contributed by atoms with Gasteiger partial charge in [0.15, 0.2) is 0 Å². The summed E-state index contributed by atoms with van der Waals surface area (Å²) in [5.74, 6) is -0.191. The van der Waals surface area contributed by atoms with Gasteiger partial charge in [0.05, 0.1) is 10.5 Å². The highest BCUT2D eigenvalue weighted by Crippen LogP contribution is 2.31. The summed E-state index contributed by atoms with van der Waals surface area (Å²) in [6, 6.07) is 7.89. The first kappa shape index (κ1) is 17.4. The van der Waals surface area contributed by atoms with E-state index in [1.165, 1.54) is 12.3 Å². The molecule has 0 aliphatic carbocycles. The first-order valence-corrected chi connectivity index (χ1v) is 8.31. The highest BCUT2D eigenvalue weighted by Gasteiger charge is 2.27. The molecule has 0 saturated carbocycles. The van der Waals surface area contributed by atoms with Crippen LogP contribution in [0.1, 0.15) is 10.4 Å². The number of nitro groups is 1. The fourth-order valence-electron chi connectivity index (χ4n) is 2.78. The van der Waals surface area contributed by atoms with Gasteiger partial charge in [0.2, 0.25) is 0 Å². The fourth-order valence-corrected chi connectivity index (χ4v) is 3.14. The third-order valence-electron chi connectivity index (χ3n) is 4.03. The van der Waals surface area contributed by atoms with E-state index in [0.717, 1.165) is 0 Å². The van der Waals surface area contributed by atoms with Crippen LogP contribution in [0.25, 0.3) is 0 Å². The molecule has 3 rings (SSSR count). The number of aromatic nitrogens is 1. The number of carbonyl (C=O) groups excluding carboxylic acids is 1. The zero-order valence-corrected chi connectivity index (χ0v) is 14.6. The molecule has 9 heteroatoms.